The van der Waals surface area contributed by atoms with Gasteiger partial charge in [0, 0.05) is 6.21 Å². The van der Waals surface area contributed by atoms with Crippen LogP contribution in [0.15, 0.2) is 74.1 Å². The van der Waals surface area contributed by atoms with Crippen molar-refractivity contribution in [1.29, 1.82) is 0 Å². The molecule has 0 saturated carbocycles. The lowest BCUT2D eigenvalue weighted by molar-refractivity contribution is 0.430. The van der Waals surface area contributed by atoms with Gasteiger partial charge in [-0.25, -0.2) is 22.5 Å². The van der Waals surface area contributed by atoms with Gasteiger partial charge in [-0.05, 0) is 43.4 Å². The Morgan fingerprint density at radius 1 is 1.07 bits per heavy atom. The maximum Gasteiger partial charge on any atom is 0.335 e. The molecule has 0 aliphatic heterocycles. The lowest BCUT2D eigenvalue weighted by atomic mass is 10.3. The van der Waals surface area contributed by atoms with Crippen LogP contribution < -0.4 is 16.0 Å². The van der Waals surface area contributed by atoms with Crippen molar-refractivity contribution < 1.29 is 13.5 Å². The average Bonchev–Trinajstić information content (AvgIpc) is 2.68. The van der Waals surface area contributed by atoms with Gasteiger partial charge in [-0.1, -0.05) is 18.2 Å². The van der Waals surface area contributed by atoms with E-state index in [9.17, 15) is 23.1 Å². The molecule has 2 aromatic carbocycles. The van der Waals surface area contributed by atoms with E-state index in [-0.39, 0.29) is 10.5 Å². The molecule has 0 spiro atoms. The van der Waals surface area contributed by atoms with Gasteiger partial charge in [-0.3, -0.25) is 14.8 Å². The second kappa shape index (κ2) is 7.62. The fraction of sp³-hybridized carbons (Fsp3) is 0.0556. The minimum Gasteiger partial charge on any atom is -0.493 e. The van der Waals surface area contributed by atoms with E-state index in [0.29, 0.717) is 11.4 Å². The Morgan fingerprint density at radius 3 is 2.32 bits per heavy atom. The van der Waals surface area contributed by atoms with Crippen molar-refractivity contribution in [3.8, 4) is 11.6 Å². The number of hydrogen-bond acceptors (Lipinski definition) is 6. The Kier molecular flexibility index (Phi) is 5.25. The molecule has 0 radical (unpaired) electrons. The number of nitrogens with zero attached hydrogens (tertiary/aromatic N) is 2. The minimum atomic E-state index is -3.57. The molecule has 9 nitrogen and oxygen atoms in total. The number of H-pyrrole nitrogens is 1. The molecule has 0 atom stereocenters. The Balaban J connectivity index is 2.01. The zero-order valence-electron chi connectivity index (χ0n) is 14.7. The number of aromatic hydroxyl groups is 1. The first-order valence-corrected chi connectivity index (χ1v) is 9.53. The maximum absolute atomic E-state index is 12.1. The molecule has 1 heterocycles. The zero-order chi connectivity index (χ0) is 20.3. The van der Waals surface area contributed by atoms with Gasteiger partial charge in [0.2, 0.25) is 15.9 Å². The number of aromatic nitrogens is 2. The molecular weight excluding hydrogens is 384 g/mol. The van der Waals surface area contributed by atoms with Crippen LogP contribution in [0.2, 0.25) is 0 Å². The Labute approximate surface area is 159 Å². The Hall–Kier alpha value is -3.50. The highest BCUT2D eigenvalue weighted by molar-refractivity contribution is 7.89. The van der Waals surface area contributed by atoms with Crippen LogP contribution in [-0.2, 0) is 10.0 Å². The summed E-state index contributed by atoms with van der Waals surface area (Å²) in [4.78, 5) is 30.4. The maximum atomic E-state index is 12.1. The quantitative estimate of drug-likeness (QED) is 0.547. The molecule has 3 aromatic rings. The Morgan fingerprint density at radius 2 is 1.71 bits per heavy atom. The number of nitrogens with one attached hydrogen (secondary N) is 2. The molecule has 1 aromatic heterocycles. The van der Waals surface area contributed by atoms with Crippen LogP contribution >= 0.6 is 0 Å². The molecule has 0 bridgehead atoms. The summed E-state index contributed by atoms with van der Waals surface area (Å²) in [5, 5.41) is 10.4. The van der Waals surface area contributed by atoms with Crippen molar-refractivity contribution in [2.75, 3.05) is 7.05 Å². The molecule has 0 saturated heterocycles. The number of aliphatic imine (C=N–C) groups is 1. The van der Waals surface area contributed by atoms with Gasteiger partial charge in [-0.2, -0.15) is 0 Å². The van der Waals surface area contributed by atoms with Gasteiger partial charge in [0.25, 0.3) is 5.56 Å². The molecule has 0 unspecified atom stereocenters. The number of hydrogen-bond donors (Lipinski definition) is 3. The SMILES string of the molecule is CNS(=O)(=O)c1ccc(N=Cc2c(O)n(-c3ccccc3)c(=O)[nH]c2=O)cc1. The smallest absolute Gasteiger partial charge is 0.335 e. The molecule has 28 heavy (non-hydrogen) atoms. The topological polar surface area (TPSA) is 134 Å². The molecule has 144 valence electrons. The molecule has 0 aliphatic carbocycles. The lowest BCUT2D eigenvalue weighted by Crippen LogP contribution is -2.31. The normalized spacial score (nSPS) is 11.8. The second-order valence-electron chi connectivity index (χ2n) is 5.63. The van der Waals surface area contributed by atoms with E-state index >= 15 is 0 Å². The van der Waals surface area contributed by atoms with Gasteiger partial charge < -0.3 is 5.11 Å². The van der Waals surface area contributed by atoms with Crippen LogP contribution in [0.25, 0.3) is 5.69 Å². The number of aromatic amines is 1. The predicted molar refractivity (Wildman–Crippen MR) is 104 cm³/mol. The minimum absolute atomic E-state index is 0.0623. The second-order valence-corrected chi connectivity index (χ2v) is 7.51. The first kappa shape index (κ1) is 19.3. The van der Waals surface area contributed by atoms with E-state index in [1.54, 1.807) is 30.3 Å². The van der Waals surface area contributed by atoms with Crippen LogP contribution in [0.5, 0.6) is 5.88 Å². The summed E-state index contributed by atoms with van der Waals surface area (Å²) in [5.74, 6) is -0.557. The summed E-state index contributed by atoms with van der Waals surface area (Å²) in [6.45, 7) is 0. The van der Waals surface area contributed by atoms with E-state index in [1.165, 1.54) is 31.3 Å². The number of para-hydroxylation sites is 1. The van der Waals surface area contributed by atoms with E-state index in [0.717, 1.165) is 10.8 Å². The number of benzene rings is 2. The largest absolute Gasteiger partial charge is 0.493 e. The van der Waals surface area contributed by atoms with Crippen molar-refractivity contribution in [3.63, 3.8) is 0 Å². The van der Waals surface area contributed by atoms with Crippen molar-refractivity contribution in [2.45, 2.75) is 4.90 Å². The summed E-state index contributed by atoms with van der Waals surface area (Å²) in [5.41, 5.74) is -1.07. The van der Waals surface area contributed by atoms with Crippen LogP contribution in [-0.4, -0.2) is 36.3 Å². The number of sulfonamides is 1. The van der Waals surface area contributed by atoms with Gasteiger partial charge in [0.1, 0.15) is 5.56 Å². The van der Waals surface area contributed by atoms with Gasteiger partial charge in [0.05, 0.1) is 16.3 Å². The van der Waals surface area contributed by atoms with Crippen LogP contribution in [0.1, 0.15) is 5.56 Å². The van der Waals surface area contributed by atoms with Crippen LogP contribution in [0.4, 0.5) is 5.69 Å². The fourth-order valence-electron chi connectivity index (χ4n) is 2.44. The number of rotatable bonds is 5. The van der Waals surface area contributed by atoms with E-state index < -0.39 is 27.2 Å². The lowest BCUT2D eigenvalue weighted by Gasteiger charge is -2.09. The summed E-state index contributed by atoms with van der Waals surface area (Å²) in [7, 11) is -2.27. The molecule has 0 fully saturated rings. The van der Waals surface area contributed by atoms with Crippen molar-refractivity contribution >= 4 is 21.9 Å². The molecule has 0 aliphatic rings. The average molecular weight is 400 g/mol. The summed E-state index contributed by atoms with van der Waals surface area (Å²) >= 11 is 0. The van der Waals surface area contributed by atoms with Crippen LogP contribution in [0.3, 0.4) is 0 Å². The third kappa shape index (κ3) is 3.77. The van der Waals surface area contributed by atoms with Crippen molar-refractivity contribution in [2.24, 2.45) is 4.99 Å². The molecule has 3 N–H and O–H groups in total. The molecule has 10 heteroatoms. The molecular formula is C18H16N4O5S. The highest BCUT2D eigenvalue weighted by Crippen LogP contribution is 2.18. The van der Waals surface area contributed by atoms with Gasteiger partial charge >= 0.3 is 5.69 Å². The van der Waals surface area contributed by atoms with Gasteiger partial charge in [0.15, 0.2) is 0 Å². The van der Waals surface area contributed by atoms with E-state index in [2.05, 4.69) is 14.7 Å². The summed E-state index contributed by atoms with van der Waals surface area (Å²) < 4.78 is 26.6. The third-order valence-corrected chi connectivity index (χ3v) is 5.32. The predicted octanol–water partition coefficient (Wildman–Crippen LogP) is 0.890. The highest BCUT2D eigenvalue weighted by atomic mass is 32.2. The summed E-state index contributed by atoms with van der Waals surface area (Å²) in [6.07, 6.45) is 1.11. The van der Waals surface area contributed by atoms with Gasteiger partial charge in [-0.15, -0.1) is 0 Å². The standard InChI is InChI=1S/C18H16N4O5S/c1-19-28(26,27)14-9-7-12(8-10-14)20-11-15-16(23)21-18(25)22(17(15)24)13-5-3-2-4-6-13/h2-11,19,24H,1H3,(H,21,23,25). The van der Waals surface area contributed by atoms with E-state index in [4.69, 9.17) is 0 Å². The molecule has 0 amide bonds. The monoisotopic (exact) mass is 400 g/mol. The van der Waals surface area contributed by atoms with Crippen LogP contribution in [0, 0.1) is 0 Å². The Bertz CT molecular complexity index is 1240. The first-order valence-electron chi connectivity index (χ1n) is 8.05. The highest BCUT2D eigenvalue weighted by Gasteiger charge is 2.14. The molecule has 3 rings (SSSR count). The first-order chi connectivity index (χ1) is 13.3. The summed E-state index contributed by atoms with van der Waals surface area (Å²) in [6, 6.07) is 13.9. The zero-order valence-corrected chi connectivity index (χ0v) is 15.5. The van der Waals surface area contributed by atoms with Crippen molar-refractivity contribution in [3.05, 3.63) is 81.0 Å². The van der Waals surface area contributed by atoms with Crippen molar-refractivity contribution in [1.82, 2.24) is 14.3 Å². The fourth-order valence-corrected chi connectivity index (χ4v) is 3.17. The van der Waals surface area contributed by atoms with E-state index in [1.807, 2.05) is 0 Å². The third-order valence-electron chi connectivity index (χ3n) is 3.89.